The third-order valence-electron chi connectivity index (χ3n) is 6.70. The van der Waals surface area contributed by atoms with Crippen LogP contribution in [-0.2, 0) is 0 Å². The van der Waals surface area contributed by atoms with E-state index in [9.17, 15) is 9.18 Å². The third kappa shape index (κ3) is 7.92. The SMILES string of the molecule is CCC(CC)CNC1CCN(C(=O)Nc2cc(Oc3ccncc3)cc(Oc3ccc(F)cc3)c2)CC1. The van der Waals surface area contributed by atoms with Crippen molar-refractivity contribution < 1.29 is 18.7 Å². The minimum Gasteiger partial charge on any atom is -0.457 e. The summed E-state index contributed by atoms with van der Waals surface area (Å²) in [5.74, 6) is 2.39. The van der Waals surface area contributed by atoms with Crippen molar-refractivity contribution in [2.45, 2.75) is 45.6 Å². The number of nitrogens with zero attached hydrogens (tertiary/aromatic N) is 2. The fraction of sp³-hybridized carbons (Fsp3) is 0.379. The molecule has 0 atom stereocenters. The van der Waals surface area contributed by atoms with E-state index in [1.54, 1.807) is 54.9 Å². The number of carbonyl (C=O) groups excluding carboxylic acids is 1. The zero-order chi connectivity index (χ0) is 26.0. The summed E-state index contributed by atoms with van der Waals surface area (Å²) in [6, 6.07) is 14.7. The van der Waals surface area contributed by atoms with Gasteiger partial charge in [-0.1, -0.05) is 26.7 Å². The van der Waals surface area contributed by atoms with Gasteiger partial charge in [-0.3, -0.25) is 4.98 Å². The Hall–Kier alpha value is -3.65. The van der Waals surface area contributed by atoms with E-state index in [4.69, 9.17) is 9.47 Å². The number of anilines is 1. The maximum atomic E-state index is 13.3. The maximum Gasteiger partial charge on any atom is 0.321 e. The number of pyridine rings is 1. The third-order valence-corrected chi connectivity index (χ3v) is 6.70. The second-order valence-electron chi connectivity index (χ2n) is 9.32. The van der Waals surface area contributed by atoms with Crippen molar-refractivity contribution in [2.75, 3.05) is 25.0 Å². The van der Waals surface area contributed by atoms with Gasteiger partial charge in [-0.2, -0.15) is 0 Å². The second kappa shape index (κ2) is 13.1. The topological polar surface area (TPSA) is 75.7 Å². The molecule has 0 saturated carbocycles. The molecule has 2 amide bonds. The monoisotopic (exact) mass is 506 g/mol. The van der Waals surface area contributed by atoms with Crippen LogP contribution < -0.4 is 20.1 Å². The molecule has 0 spiro atoms. The molecule has 4 rings (SSSR count). The molecule has 1 fully saturated rings. The summed E-state index contributed by atoms with van der Waals surface area (Å²) >= 11 is 0. The van der Waals surface area contributed by atoms with Crippen molar-refractivity contribution >= 4 is 11.7 Å². The van der Waals surface area contributed by atoms with E-state index in [1.807, 2.05) is 4.90 Å². The van der Waals surface area contributed by atoms with Gasteiger partial charge in [-0.05, 0) is 61.7 Å². The lowest BCUT2D eigenvalue weighted by Gasteiger charge is -2.33. The summed E-state index contributed by atoms with van der Waals surface area (Å²) in [7, 11) is 0. The number of piperidine rings is 1. The second-order valence-corrected chi connectivity index (χ2v) is 9.32. The molecular formula is C29H35FN4O3. The van der Waals surface area contributed by atoms with Crippen LogP contribution in [0.15, 0.2) is 67.0 Å². The van der Waals surface area contributed by atoms with Crippen LogP contribution in [-0.4, -0.2) is 41.6 Å². The molecule has 1 aromatic heterocycles. The number of amides is 2. The number of benzene rings is 2. The average Bonchev–Trinajstić information content (AvgIpc) is 2.91. The number of hydrogen-bond acceptors (Lipinski definition) is 5. The molecule has 7 nitrogen and oxygen atoms in total. The molecule has 0 unspecified atom stereocenters. The first-order valence-electron chi connectivity index (χ1n) is 13.0. The molecule has 1 saturated heterocycles. The Labute approximate surface area is 218 Å². The Bertz CT molecular complexity index is 1130. The molecule has 196 valence electrons. The number of carbonyl (C=O) groups is 1. The fourth-order valence-corrected chi connectivity index (χ4v) is 4.34. The van der Waals surface area contributed by atoms with Crippen LogP contribution in [0.4, 0.5) is 14.9 Å². The number of ether oxygens (including phenoxy) is 2. The lowest BCUT2D eigenvalue weighted by atomic mass is 10.0. The Balaban J connectivity index is 1.41. The normalized spacial score (nSPS) is 14.0. The Morgan fingerprint density at radius 2 is 1.54 bits per heavy atom. The van der Waals surface area contributed by atoms with Gasteiger partial charge in [-0.25, -0.2) is 9.18 Å². The minimum absolute atomic E-state index is 0.160. The van der Waals surface area contributed by atoms with Crippen LogP contribution in [0.5, 0.6) is 23.0 Å². The van der Waals surface area contributed by atoms with Crippen molar-refractivity contribution in [1.29, 1.82) is 0 Å². The highest BCUT2D eigenvalue weighted by Crippen LogP contribution is 2.32. The van der Waals surface area contributed by atoms with Gasteiger partial charge < -0.3 is 25.0 Å². The molecule has 2 aromatic carbocycles. The highest BCUT2D eigenvalue weighted by atomic mass is 19.1. The van der Waals surface area contributed by atoms with Crippen LogP contribution in [0.1, 0.15) is 39.5 Å². The molecule has 2 N–H and O–H groups in total. The first-order valence-corrected chi connectivity index (χ1v) is 13.0. The predicted octanol–water partition coefficient (Wildman–Crippen LogP) is 6.83. The van der Waals surface area contributed by atoms with E-state index < -0.39 is 0 Å². The predicted molar refractivity (Wildman–Crippen MR) is 143 cm³/mol. The van der Waals surface area contributed by atoms with Crippen molar-refractivity contribution in [3.8, 4) is 23.0 Å². The summed E-state index contributed by atoms with van der Waals surface area (Å²) in [5, 5.41) is 6.67. The number of halogens is 1. The van der Waals surface area contributed by atoms with E-state index in [-0.39, 0.29) is 11.8 Å². The standard InChI is InChI=1S/C29H35FN4O3/c1-3-21(4-2)20-32-23-11-15-34(16-12-23)29(35)33-24-17-27(36-25-7-5-22(30)6-8-25)19-28(18-24)37-26-9-13-31-14-10-26/h5-10,13-14,17-19,21,23,32H,3-4,11-12,15-16,20H2,1-2H3,(H,33,35). The number of hydrogen-bond donors (Lipinski definition) is 2. The van der Waals surface area contributed by atoms with Crippen molar-refractivity contribution in [3.63, 3.8) is 0 Å². The zero-order valence-corrected chi connectivity index (χ0v) is 21.5. The van der Waals surface area contributed by atoms with Gasteiger partial charge in [0.25, 0.3) is 0 Å². The Kier molecular flexibility index (Phi) is 9.32. The van der Waals surface area contributed by atoms with E-state index >= 15 is 0 Å². The largest absolute Gasteiger partial charge is 0.457 e. The molecule has 8 heteroatoms. The zero-order valence-electron chi connectivity index (χ0n) is 21.5. The van der Waals surface area contributed by atoms with E-state index in [1.165, 1.54) is 25.0 Å². The Morgan fingerprint density at radius 3 is 2.14 bits per heavy atom. The molecule has 3 aromatic rings. The maximum absolute atomic E-state index is 13.3. The number of aromatic nitrogens is 1. The van der Waals surface area contributed by atoms with Crippen LogP contribution >= 0.6 is 0 Å². The molecule has 37 heavy (non-hydrogen) atoms. The van der Waals surface area contributed by atoms with Crippen molar-refractivity contribution in [1.82, 2.24) is 15.2 Å². The summed E-state index contributed by atoms with van der Waals surface area (Å²) in [5.41, 5.74) is 0.544. The molecule has 2 heterocycles. The molecule has 0 aliphatic carbocycles. The lowest BCUT2D eigenvalue weighted by Crippen LogP contribution is -2.47. The van der Waals surface area contributed by atoms with Crippen LogP contribution in [0, 0.1) is 11.7 Å². The highest BCUT2D eigenvalue weighted by molar-refractivity contribution is 5.90. The van der Waals surface area contributed by atoms with Crippen LogP contribution in [0.25, 0.3) is 0 Å². The summed E-state index contributed by atoms with van der Waals surface area (Å²) < 4.78 is 25.2. The van der Waals surface area contributed by atoms with Gasteiger partial charge in [0.05, 0.1) is 0 Å². The average molecular weight is 507 g/mol. The van der Waals surface area contributed by atoms with Gasteiger partial charge in [0.2, 0.25) is 0 Å². The smallest absolute Gasteiger partial charge is 0.321 e. The van der Waals surface area contributed by atoms with Crippen molar-refractivity contribution in [2.24, 2.45) is 5.92 Å². The fourth-order valence-electron chi connectivity index (χ4n) is 4.34. The van der Waals surface area contributed by atoms with Crippen LogP contribution in [0.2, 0.25) is 0 Å². The van der Waals surface area contributed by atoms with Crippen molar-refractivity contribution in [3.05, 3.63) is 72.8 Å². The van der Waals surface area contributed by atoms with Gasteiger partial charge in [0.15, 0.2) is 0 Å². The van der Waals surface area contributed by atoms with Gasteiger partial charge in [-0.15, -0.1) is 0 Å². The highest BCUT2D eigenvalue weighted by Gasteiger charge is 2.23. The summed E-state index contributed by atoms with van der Waals surface area (Å²) in [4.78, 5) is 18.9. The first-order chi connectivity index (χ1) is 18.0. The molecular weight excluding hydrogens is 471 g/mol. The molecule has 1 aliphatic heterocycles. The number of likely N-dealkylation sites (tertiary alicyclic amines) is 1. The molecule has 0 bridgehead atoms. The minimum atomic E-state index is -0.343. The summed E-state index contributed by atoms with van der Waals surface area (Å²) in [6.07, 6.45) is 7.50. The quantitative estimate of drug-likeness (QED) is 0.315. The van der Waals surface area contributed by atoms with Gasteiger partial charge in [0, 0.05) is 55.4 Å². The lowest BCUT2D eigenvalue weighted by molar-refractivity contribution is 0.187. The first kappa shape index (κ1) is 26.4. The van der Waals surface area contributed by atoms with Crippen LogP contribution in [0.3, 0.4) is 0 Å². The number of rotatable bonds is 10. The molecule has 0 radical (unpaired) electrons. The molecule has 1 aliphatic rings. The van der Waals surface area contributed by atoms with Gasteiger partial charge >= 0.3 is 6.03 Å². The van der Waals surface area contributed by atoms with E-state index in [0.717, 1.165) is 19.4 Å². The number of urea groups is 1. The Morgan fingerprint density at radius 1 is 0.946 bits per heavy atom. The van der Waals surface area contributed by atoms with E-state index in [0.29, 0.717) is 53.7 Å². The van der Waals surface area contributed by atoms with E-state index in [2.05, 4.69) is 29.5 Å². The van der Waals surface area contributed by atoms with Gasteiger partial charge in [0.1, 0.15) is 28.8 Å². The summed E-state index contributed by atoms with van der Waals surface area (Å²) in [6.45, 7) is 6.88. The number of nitrogens with one attached hydrogen (secondary N) is 2.